The monoisotopic (exact) mass is 358 g/mol. The van der Waals surface area contributed by atoms with Gasteiger partial charge >= 0.3 is 5.91 Å². The minimum Gasteiger partial charge on any atom is -0.496 e. The molecular weight excluding hydrogens is 328 g/mol. The number of carbonyl (C=O) groups excluding carboxylic acids is 2. The predicted molar refractivity (Wildman–Crippen MR) is 104 cm³/mol. The Kier molecular flexibility index (Phi) is 8.71. The fraction of sp³-hybridized carbons (Fsp3) is 0.524. The third kappa shape index (κ3) is 6.79. The highest BCUT2D eigenvalue weighted by atomic mass is 16.5. The van der Waals surface area contributed by atoms with E-state index in [2.05, 4.69) is 24.2 Å². The van der Waals surface area contributed by atoms with Crippen molar-refractivity contribution < 1.29 is 14.3 Å². The van der Waals surface area contributed by atoms with Gasteiger partial charge < -0.3 is 4.74 Å². The van der Waals surface area contributed by atoms with Crippen LogP contribution in [0.1, 0.15) is 70.2 Å². The van der Waals surface area contributed by atoms with Gasteiger partial charge in [-0.25, -0.2) is 5.01 Å². The number of para-hydroxylation sites is 1. The molecule has 0 spiro atoms. The van der Waals surface area contributed by atoms with Gasteiger partial charge in [-0.3, -0.25) is 15.0 Å². The number of nitrogens with zero attached hydrogens (tertiary/aromatic N) is 1. The third-order valence-electron chi connectivity index (χ3n) is 3.78. The zero-order valence-corrected chi connectivity index (χ0v) is 16.5. The molecular formula is C21H30N2O3. The molecule has 0 saturated carbocycles. The van der Waals surface area contributed by atoms with Gasteiger partial charge in [0.2, 0.25) is 0 Å². The fourth-order valence-corrected chi connectivity index (χ4v) is 2.38. The Morgan fingerprint density at radius 1 is 1.15 bits per heavy atom. The summed E-state index contributed by atoms with van der Waals surface area (Å²) in [6.45, 7) is 7.69. The van der Waals surface area contributed by atoms with Gasteiger partial charge in [-0.15, -0.1) is 0 Å². The Bertz CT molecular complexity index is 666. The predicted octanol–water partition coefficient (Wildman–Crippen LogP) is 3.94. The number of rotatable bonds is 6. The molecule has 26 heavy (non-hydrogen) atoms. The highest BCUT2D eigenvalue weighted by molar-refractivity contribution is 6.00. The SMILES string of the molecule is CCCCCCC#CC(=O)NN(C(=O)c1ccccc1OC)C(C)(C)C. The topological polar surface area (TPSA) is 58.6 Å². The number of benzene rings is 1. The number of methoxy groups -OCH3 is 1. The first-order valence-electron chi connectivity index (χ1n) is 9.08. The van der Waals surface area contributed by atoms with Crippen LogP contribution in [0.2, 0.25) is 0 Å². The molecule has 5 heteroatoms. The minimum atomic E-state index is -0.615. The van der Waals surface area contributed by atoms with E-state index in [-0.39, 0.29) is 5.91 Å². The summed E-state index contributed by atoms with van der Waals surface area (Å²) in [6, 6.07) is 6.94. The van der Waals surface area contributed by atoms with E-state index in [1.54, 1.807) is 24.3 Å². The third-order valence-corrected chi connectivity index (χ3v) is 3.78. The van der Waals surface area contributed by atoms with Gasteiger partial charge in [0.25, 0.3) is 5.91 Å². The molecule has 0 aliphatic carbocycles. The molecule has 0 aliphatic heterocycles. The summed E-state index contributed by atoms with van der Waals surface area (Å²) in [5, 5.41) is 1.30. The van der Waals surface area contributed by atoms with Crippen molar-refractivity contribution in [3.8, 4) is 17.6 Å². The molecule has 1 aromatic rings. The summed E-state index contributed by atoms with van der Waals surface area (Å²) < 4.78 is 5.26. The lowest BCUT2D eigenvalue weighted by Crippen LogP contribution is -2.55. The second-order valence-electron chi connectivity index (χ2n) is 7.07. The summed E-state index contributed by atoms with van der Waals surface area (Å²) in [5.74, 6) is 5.08. The molecule has 0 atom stereocenters. The van der Waals surface area contributed by atoms with E-state index in [1.807, 2.05) is 20.8 Å². The second-order valence-corrected chi connectivity index (χ2v) is 7.07. The maximum absolute atomic E-state index is 12.9. The van der Waals surface area contributed by atoms with Crippen molar-refractivity contribution >= 4 is 11.8 Å². The fourth-order valence-electron chi connectivity index (χ4n) is 2.38. The summed E-state index contributed by atoms with van der Waals surface area (Å²) in [4.78, 5) is 25.1. The van der Waals surface area contributed by atoms with Crippen LogP contribution in [0.15, 0.2) is 24.3 Å². The lowest BCUT2D eigenvalue weighted by atomic mass is 10.1. The lowest BCUT2D eigenvalue weighted by Gasteiger charge is -2.35. The number of hydrogen-bond donors (Lipinski definition) is 1. The lowest BCUT2D eigenvalue weighted by molar-refractivity contribution is -0.121. The van der Waals surface area contributed by atoms with Crippen LogP contribution in [0.5, 0.6) is 5.75 Å². The maximum Gasteiger partial charge on any atom is 0.314 e. The van der Waals surface area contributed by atoms with Crippen LogP contribution in [0.25, 0.3) is 0 Å². The van der Waals surface area contributed by atoms with Crippen LogP contribution in [-0.4, -0.2) is 29.5 Å². The van der Waals surface area contributed by atoms with Crippen molar-refractivity contribution in [3.63, 3.8) is 0 Å². The number of nitrogens with one attached hydrogen (secondary N) is 1. The summed E-state index contributed by atoms with van der Waals surface area (Å²) in [7, 11) is 1.51. The molecule has 0 unspecified atom stereocenters. The molecule has 0 aromatic heterocycles. The van der Waals surface area contributed by atoms with E-state index in [0.29, 0.717) is 17.7 Å². The molecule has 0 radical (unpaired) electrons. The summed E-state index contributed by atoms with van der Waals surface area (Å²) in [6.07, 6.45) is 5.13. The Balaban J connectivity index is 2.84. The quantitative estimate of drug-likeness (QED) is 0.476. The van der Waals surface area contributed by atoms with Crippen LogP contribution in [0.3, 0.4) is 0 Å². The van der Waals surface area contributed by atoms with Crippen LogP contribution in [0.4, 0.5) is 0 Å². The molecule has 0 fully saturated rings. The molecule has 1 N–H and O–H groups in total. The van der Waals surface area contributed by atoms with Crippen LogP contribution in [-0.2, 0) is 4.79 Å². The van der Waals surface area contributed by atoms with Crippen LogP contribution < -0.4 is 10.2 Å². The summed E-state index contributed by atoms with van der Waals surface area (Å²) in [5.41, 5.74) is 2.40. The first-order chi connectivity index (χ1) is 12.3. The van der Waals surface area contributed by atoms with E-state index in [0.717, 1.165) is 12.8 Å². The molecule has 1 aromatic carbocycles. The van der Waals surface area contributed by atoms with E-state index in [9.17, 15) is 9.59 Å². The number of unbranched alkanes of at least 4 members (excludes halogenated alkanes) is 4. The van der Waals surface area contributed by atoms with Gasteiger partial charge in [-0.2, -0.15) is 0 Å². The maximum atomic E-state index is 12.9. The molecule has 0 aliphatic rings. The van der Waals surface area contributed by atoms with Crippen LogP contribution in [0, 0.1) is 11.8 Å². The average molecular weight is 358 g/mol. The van der Waals surface area contributed by atoms with Crippen molar-refractivity contribution in [1.29, 1.82) is 0 Å². The van der Waals surface area contributed by atoms with Gasteiger partial charge in [-0.1, -0.05) is 44.2 Å². The zero-order valence-electron chi connectivity index (χ0n) is 16.5. The standard InChI is InChI=1S/C21H30N2O3/c1-6-7-8-9-10-11-16-19(24)22-23(21(2,3)4)20(25)17-14-12-13-15-18(17)26-5/h12-15H,6-10H2,1-5H3,(H,22,24). The van der Waals surface area contributed by atoms with E-state index < -0.39 is 11.4 Å². The first-order valence-corrected chi connectivity index (χ1v) is 9.08. The number of carbonyl (C=O) groups is 2. The van der Waals surface area contributed by atoms with Gasteiger partial charge in [0.05, 0.1) is 18.2 Å². The molecule has 1 rings (SSSR count). The Morgan fingerprint density at radius 3 is 2.46 bits per heavy atom. The van der Waals surface area contributed by atoms with E-state index in [4.69, 9.17) is 4.74 Å². The Hall–Kier alpha value is -2.48. The highest BCUT2D eigenvalue weighted by Crippen LogP contribution is 2.22. The number of ether oxygens (including phenoxy) is 1. The highest BCUT2D eigenvalue weighted by Gasteiger charge is 2.30. The largest absolute Gasteiger partial charge is 0.496 e. The van der Waals surface area contributed by atoms with Crippen LogP contribution >= 0.6 is 0 Å². The summed E-state index contributed by atoms with van der Waals surface area (Å²) >= 11 is 0. The molecule has 5 nitrogen and oxygen atoms in total. The van der Waals surface area contributed by atoms with Crippen molar-refractivity contribution in [1.82, 2.24) is 10.4 Å². The number of hydrazine groups is 1. The zero-order chi connectivity index (χ0) is 19.6. The van der Waals surface area contributed by atoms with Gasteiger partial charge in [0, 0.05) is 6.42 Å². The molecule has 0 saturated heterocycles. The van der Waals surface area contributed by atoms with Crippen molar-refractivity contribution in [3.05, 3.63) is 29.8 Å². The van der Waals surface area contributed by atoms with Gasteiger partial charge in [0.15, 0.2) is 0 Å². The normalized spacial score (nSPS) is 10.5. The molecule has 2 amide bonds. The smallest absolute Gasteiger partial charge is 0.314 e. The second kappa shape index (κ2) is 10.5. The molecule has 0 heterocycles. The number of amides is 2. The Labute approximate surface area is 157 Å². The Morgan fingerprint density at radius 2 is 1.85 bits per heavy atom. The van der Waals surface area contributed by atoms with Crippen molar-refractivity contribution in [2.24, 2.45) is 0 Å². The number of hydrogen-bond acceptors (Lipinski definition) is 3. The minimum absolute atomic E-state index is 0.340. The van der Waals surface area contributed by atoms with Gasteiger partial charge in [0.1, 0.15) is 5.75 Å². The molecule has 142 valence electrons. The average Bonchev–Trinajstić information content (AvgIpc) is 2.61. The molecule has 0 bridgehead atoms. The van der Waals surface area contributed by atoms with E-state index in [1.165, 1.54) is 25.0 Å². The van der Waals surface area contributed by atoms with Crippen molar-refractivity contribution in [2.75, 3.05) is 7.11 Å². The first kappa shape index (κ1) is 21.6. The van der Waals surface area contributed by atoms with E-state index >= 15 is 0 Å². The van der Waals surface area contributed by atoms with Gasteiger partial charge in [-0.05, 0) is 45.2 Å². The van der Waals surface area contributed by atoms with Crippen molar-refractivity contribution in [2.45, 2.75) is 65.3 Å².